The van der Waals surface area contributed by atoms with E-state index in [-0.39, 0.29) is 34.5 Å². The number of aliphatic hydroxyl groups excluding tert-OH is 2. The number of para-hydroxylation sites is 1. The molecule has 0 unspecified atom stereocenters. The maximum Gasteiger partial charge on any atom is 0.340 e. The van der Waals surface area contributed by atoms with Gasteiger partial charge in [-0.05, 0) is 66.2 Å². The summed E-state index contributed by atoms with van der Waals surface area (Å²) < 4.78 is 6.13. The normalized spacial score (nSPS) is 34.0. The highest BCUT2D eigenvalue weighted by Crippen LogP contribution is 2.71. The number of rotatable bonds is 15. The fraction of sp³-hybridized carbons (Fsp3) is 0.692. The van der Waals surface area contributed by atoms with Crippen LogP contribution in [0.2, 0.25) is 0 Å². The number of ether oxygens (including phenoxy) is 1. The van der Waals surface area contributed by atoms with Crippen molar-refractivity contribution in [2.75, 3.05) is 18.5 Å². The third kappa shape index (κ3) is 5.90. The molecule has 4 aliphatic rings. The molecule has 0 heterocycles. The first-order chi connectivity index (χ1) is 22.0. The van der Waals surface area contributed by atoms with E-state index in [9.17, 15) is 24.9 Å². The van der Waals surface area contributed by atoms with Gasteiger partial charge in [0.05, 0.1) is 17.6 Å². The second-order valence-corrected chi connectivity index (χ2v) is 15.3. The molecule has 0 saturated heterocycles. The maximum atomic E-state index is 14.6. The first-order valence-electron chi connectivity index (χ1n) is 18.0. The number of unbranched alkanes of at least 4 members (excludes halogenated alkanes) is 9. The van der Waals surface area contributed by atoms with Crippen LogP contribution in [0.15, 0.2) is 47.6 Å². The van der Waals surface area contributed by atoms with Gasteiger partial charge in [-0.2, -0.15) is 0 Å². The van der Waals surface area contributed by atoms with E-state index < -0.39 is 41.7 Å². The van der Waals surface area contributed by atoms with Crippen molar-refractivity contribution in [3.05, 3.63) is 53.1 Å². The number of aliphatic hydroxyl groups is 3. The van der Waals surface area contributed by atoms with E-state index in [1.807, 2.05) is 19.1 Å². The molecule has 2 fully saturated rings. The Hall–Kier alpha value is -2.48. The van der Waals surface area contributed by atoms with E-state index in [0.29, 0.717) is 23.2 Å². The van der Waals surface area contributed by atoms with Gasteiger partial charge >= 0.3 is 5.97 Å². The summed E-state index contributed by atoms with van der Waals surface area (Å²) in [7, 11) is 0. The number of anilines is 1. The summed E-state index contributed by atoms with van der Waals surface area (Å²) in [6.45, 7) is 10.5. The molecular formula is C39H57NO6. The Balaban J connectivity index is 1.29. The van der Waals surface area contributed by atoms with Gasteiger partial charge in [0, 0.05) is 18.2 Å². The minimum Gasteiger partial charge on any atom is -0.451 e. The van der Waals surface area contributed by atoms with Gasteiger partial charge in [-0.25, -0.2) is 4.79 Å². The molecule has 7 nitrogen and oxygen atoms in total. The lowest BCUT2D eigenvalue weighted by molar-refractivity contribution is -0.190. The van der Waals surface area contributed by atoms with Gasteiger partial charge in [-0.3, -0.25) is 4.79 Å². The molecule has 1 spiro atoms. The summed E-state index contributed by atoms with van der Waals surface area (Å²) in [4.78, 5) is 28.4. The van der Waals surface area contributed by atoms with Gasteiger partial charge in [0.2, 0.25) is 0 Å². The monoisotopic (exact) mass is 635 g/mol. The van der Waals surface area contributed by atoms with Gasteiger partial charge in [0.25, 0.3) is 0 Å². The minimum absolute atomic E-state index is 0.0471. The van der Waals surface area contributed by atoms with Crippen LogP contribution in [0.3, 0.4) is 0 Å². The van der Waals surface area contributed by atoms with Crippen molar-refractivity contribution in [3.63, 3.8) is 0 Å². The molecule has 0 aromatic heterocycles. The first kappa shape index (κ1) is 34.8. The summed E-state index contributed by atoms with van der Waals surface area (Å²) in [5, 5.41) is 38.3. The second-order valence-electron chi connectivity index (χ2n) is 15.3. The van der Waals surface area contributed by atoms with Crippen molar-refractivity contribution in [1.82, 2.24) is 0 Å². The van der Waals surface area contributed by atoms with E-state index in [0.717, 1.165) is 19.4 Å². The molecule has 46 heavy (non-hydrogen) atoms. The topological polar surface area (TPSA) is 116 Å². The Morgan fingerprint density at radius 3 is 2.30 bits per heavy atom. The van der Waals surface area contributed by atoms with Crippen molar-refractivity contribution in [3.8, 4) is 0 Å². The average molecular weight is 636 g/mol. The van der Waals surface area contributed by atoms with Crippen molar-refractivity contribution in [2.24, 2.45) is 34.5 Å². The Bertz CT molecular complexity index is 1330. The SMILES string of the molecule is CCCCCCCCCCCCNc1ccccc1C(=O)O[C@H]1C(C)=C[C@]23C(=O)[C@@H](C=C(CO)[C@@H](O)[C@]12O)[C@H]1[C@@H](C[C@H]3C)C1(C)C. The predicted octanol–water partition coefficient (Wildman–Crippen LogP) is 7.01. The van der Waals surface area contributed by atoms with Crippen molar-refractivity contribution >= 4 is 17.4 Å². The number of ketones is 1. The zero-order valence-corrected chi connectivity index (χ0v) is 28.7. The molecule has 0 aliphatic heterocycles. The third-order valence-electron chi connectivity index (χ3n) is 12.1. The molecule has 4 aliphatic carbocycles. The standard InChI is InChI=1S/C39H57NO6/c1-6-7-8-9-10-11-12-13-14-17-20-40-31-19-16-15-18-28(31)36(44)46-35-25(2)23-38-26(3)21-30-32(37(30,4)5)29(34(38)43)22-27(24-41)33(42)39(35,38)45/h15-16,18-19,22-23,26,29-30,32-33,35,40-42,45H,6-14,17,20-21,24H2,1-5H3/t26-,29+,30-,32+,33-,35+,38+,39+/m1/s1. The van der Waals surface area contributed by atoms with E-state index >= 15 is 0 Å². The molecule has 0 amide bonds. The highest BCUT2D eigenvalue weighted by molar-refractivity contribution is 5.97. The summed E-state index contributed by atoms with van der Waals surface area (Å²) in [5.74, 6) is -1.27. The minimum atomic E-state index is -2.15. The van der Waals surface area contributed by atoms with E-state index in [1.54, 1.807) is 31.2 Å². The van der Waals surface area contributed by atoms with Gasteiger partial charge in [0.1, 0.15) is 6.10 Å². The van der Waals surface area contributed by atoms with E-state index in [2.05, 4.69) is 26.1 Å². The molecule has 7 heteroatoms. The lowest BCUT2D eigenvalue weighted by atomic mass is 9.59. The molecule has 1 aromatic rings. The molecule has 8 atom stereocenters. The Labute approximate surface area is 275 Å². The van der Waals surface area contributed by atoms with Crippen LogP contribution in [-0.2, 0) is 9.53 Å². The lowest BCUT2D eigenvalue weighted by Crippen LogP contribution is -2.65. The molecule has 254 valence electrons. The number of nitrogens with one attached hydrogen (secondary N) is 1. The molecule has 5 rings (SSSR count). The summed E-state index contributed by atoms with van der Waals surface area (Å²) in [6, 6.07) is 7.19. The average Bonchev–Trinajstić information content (AvgIpc) is 3.53. The quantitative estimate of drug-likeness (QED) is 0.0931. The van der Waals surface area contributed by atoms with Crippen LogP contribution in [0.4, 0.5) is 5.69 Å². The van der Waals surface area contributed by atoms with Gasteiger partial charge in [-0.15, -0.1) is 0 Å². The number of carbonyl (C=O) groups excluding carboxylic acids is 2. The number of carbonyl (C=O) groups is 2. The number of esters is 1. The van der Waals surface area contributed by atoms with Gasteiger partial charge < -0.3 is 25.4 Å². The number of allylic oxidation sites excluding steroid dienone is 1. The van der Waals surface area contributed by atoms with Crippen LogP contribution in [0.25, 0.3) is 0 Å². The molecule has 2 bridgehead atoms. The smallest absolute Gasteiger partial charge is 0.340 e. The van der Waals surface area contributed by atoms with Crippen LogP contribution in [0, 0.1) is 34.5 Å². The molecule has 2 saturated carbocycles. The number of hydrogen-bond donors (Lipinski definition) is 4. The molecular weight excluding hydrogens is 578 g/mol. The number of Topliss-reactive ketones (excluding diaryl/α,β-unsaturated/α-hetero) is 1. The number of hydrogen-bond acceptors (Lipinski definition) is 7. The highest BCUT2D eigenvalue weighted by atomic mass is 16.6. The maximum absolute atomic E-state index is 14.6. The predicted molar refractivity (Wildman–Crippen MR) is 181 cm³/mol. The molecule has 1 aromatic carbocycles. The van der Waals surface area contributed by atoms with Crippen LogP contribution in [0.5, 0.6) is 0 Å². The largest absolute Gasteiger partial charge is 0.451 e. The van der Waals surface area contributed by atoms with Crippen LogP contribution >= 0.6 is 0 Å². The number of fused-ring (bicyclic) bond motifs is 3. The van der Waals surface area contributed by atoms with Crippen molar-refractivity contribution in [1.29, 1.82) is 0 Å². The van der Waals surface area contributed by atoms with Gasteiger partial charge in [0.15, 0.2) is 17.5 Å². The fourth-order valence-corrected chi connectivity index (χ4v) is 9.41. The van der Waals surface area contributed by atoms with Gasteiger partial charge in [-0.1, -0.05) is 110 Å². The van der Waals surface area contributed by atoms with E-state index in [4.69, 9.17) is 4.74 Å². The third-order valence-corrected chi connectivity index (χ3v) is 12.1. The number of benzene rings is 1. The second kappa shape index (κ2) is 13.9. The first-order valence-corrected chi connectivity index (χ1v) is 18.0. The zero-order chi connectivity index (χ0) is 33.3. The van der Waals surface area contributed by atoms with Crippen LogP contribution in [0.1, 0.15) is 116 Å². The fourth-order valence-electron chi connectivity index (χ4n) is 9.41. The molecule has 4 N–H and O–H groups in total. The Kier molecular flexibility index (Phi) is 10.6. The summed E-state index contributed by atoms with van der Waals surface area (Å²) >= 11 is 0. The summed E-state index contributed by atoms with van der Waals surface area (Å²) in [5.41, 5.74) is -1.89. The Morgan fingerprint density at radius 2 is 1.65 bits per heavy atom. The highest BCUT2D eigenvalue weighted by Gasteiger charge is 2.76. The van der Waals surface area contributed by atoms with Crippen LogP contribution in [-0.4, -0.2) is 58.0 Å². The zero-order valence-electron chi connectivity index (χ0n) is 28.7. The lowest BCUT2D eigenvalue weighted by Gasteiger charge is -2.48. The van der Waals surface area contributed by atoms with Crippen LogP contribution < -0.4 is 5.32 Å². The Morgan fingerprint density at radius 1 is 1.02 bits per heavy atom. The van der Waals surface area contributed by atoms with E-state index in [1.165, 1.54) is 51.4 Å². The van der Waals surface area contributed by atoms with Crippen molar-refractivity contribution in [2.45, 2.75) is 123 Å². The van der Waals surface area contributed by atoms with Crippen molar-refractivity contribution < 1.29 is 29.6 Å². The summed E-state index contributed by atoms with van der Waals surface area (Å²) in [6.07, 6.45) is 13.8. The molecule has 0 radical (unpaired) electrons.